The minimum absolute atomic E-state index is 0.157. The highest BCUT2D eigenvalue weighted by Gasteiger charge is 2.30. The van der Waals surface area contributed by atoms with Gasteiger partial charge in [0.05, 0.1) is 11.1 Å². The number of rotatable bonds is 4. The summed E-state index contributed by atoms with van der Waals surface area (Å²) in [6, 6.07) is 12.0. The van der Waals surface area contributed by atoms with Crippen molar-refractivity contribution >= 4 is 11.8 Å². The lowest BCUT2D eigenvalue weighted by atomic mass is 10.1. The molecule has 6 heteroatoms. The van der Waals surface area contributed by atoms with Crippen LogP contribution in [-0.4, -0.2) is 18.4 Å². The first-order valence-electron chi connectivity index (χ1n) is 6.30. The number of ketones is 1. The van der Waals surface area contributed by atoms with Crippen molar-refractivity contribution in [3.8, 4) is 0 Å². The molecule has 2 aromatic carbocycles. The van der Waals surface area contributed by atoms with Crippen LogP contribution in [-0.2, 0) is 10.9 Å². The Morgan fingerprint density at radius 2 is 1.55 bits per heavy atom. The Balaban J connectivity index is 2.03. The van der Waals surface area contributed by atoms with Crippen LogP contribution in [0.15, 0.2) is 54.6 Å². The molecular weight excluding hydrogens is 297 g/mol. The molecule has 0 N–H and O–H groups in total. The Morgan fingerprint density at radius 1 is 0.909 bits per heavy atom. The van der Waals surface area contributed by atoms with Crippen molar-refractivity contribution in [3.63, 3.8) is 0 Å². The van der Waals surface area contributed by atoms with Gasteiger partial charge >= 0.3 is 12.1 Å². The van der Waals surface area contributed by atoms with E-state index in [0.717, 1.165) is 18.2 Å². The minimum atomic E-state index is -4.53. The van der Waals surface area contributed by atoms with Crippen molar-refractivity contribution in [1.29, 1.82) is 0 Å². The summed E-state index contributed by atoms with van der Waals surface area (Å²) >= 11 is 0. The lowest BCUT2D eigenvalue weighted by Gasteiger charge is -2.08. The van der Waals surface area contributed by atoms with E-state index in [1.54, 1.807) is 18.2 Å². The maximum absolute atomic E-state index is 12.6. The molecule has 2 rings (SSSR count). The maximum atomic E-state index is 12.6. The predicted octanol–water partition coefficient (Wildman–Crippen LogP) is 3.75. The first-order chi connectivity index (χ1) is 10.4. The zero-order chi connectivity index (χ0) is 16.2. The van der Waals surface area contributed by atoms with Crippen molar-refractivity contribution in [2.24, 2.45) is 0 Å². The van der Waals surface area contributed by atoms with Gasteiger partial charge in [0.25, 0.3) is 0 Å². The van der Waals surface area contributed by atoms with Crippen LogP contribution in [0.1, 0.15) is 26.3 Å². The molecule has 0 atom stereocenters. The van der Waals surface area contributed by atoms with E-state index >= 15 is 0 Å². The third kappa shape index (κ3) is 3.94. The number of ether oxygens (including phenoxy) is 1. The molecule has 2 aromatic rings. The van der Waals surface area contributed by atoms with Gasteiger partial charge in [0, 0.05) is 5.56 Å². The van der Waals surface area contributed by atoms with Gasteiger partial charge in [-0.05, 0) is 24.3 Å². The Kier molecular flexibility index (Phi) is 4.60. The number of hydrogen-bond acceptors (Lipinski definition) is 3. The fraction of sp³-hybridized carbons (Fsp3) is 0.125. The third-order valence-corrected chi connectivity index (χ3v) is 2.86. The molecule has 0 heterocycles. The molecule has 0 aliphatic heterocycles. The van der Waals surface area contributed by atoms with E-state index in [2.05, 4.69) is 0 Å². The maximum Gasteiger partial charge on any atom is 0.416 e. The van der Waals surface area contributed by atoms with Gasteiger partial charge in [0.2, 0.25) is 0 Å². The van der Waals surface area contributed by atoms with E-state index in [4.69, 9.17) is 4.74 Å². The fourth-order valence-electron chi connectivity index (χ4n) is 1.74. The SMILES string of the molecule is O=C(COC(=O)c1ccccc1)c1cccc(C(F)(F)F)c1. The topological polar surface area (TPSA) is 43.4 Å². The van der Waals surface area contributed by atoms with Crippen LogP contribution in [0.4, 0.5) is 13.2 Å². The minimum Gasteiger partial charge on any atom is -0.454 e. The van der Waals surface area contributed by atoms with Crippen molar-refractivity contribution in [3.05, 3.63) is 71.3 Å². The van der Waals surface area contributed by atoms with E-state index in [0.29, 0.717) is 0 Å². The van der Waals surface area contributed by atoms with E-state index in [-0.39, 0.29) is 11.1 Å². The number of esters is 1. The first kappa shape index (κ1) is 15.8. The van der Waals surface area contributed by atoms with Gasteiger partial charge in [0.1, 0.15) is 0 Å². The molecule has 0 radical (unpaired) electrons. The van der Waals surface area contributed by atoms with E-state index in [9.17, 15) is 22.8 Å². The molecule has 0 unspecified atom stereocenters. The highest BCUT2D eigenvalue weighted by molar-refractivity contribution is 5.99. The van der Waals surface area contributed by atoms with E-state index < -0.39 is 30.1 Å². The van der Waals surface area contributed by atoms with Gasteiger partial charge in [-0.2, -0.15) is 13.2 Å². The first-order valence-corrected chi connectivity index (χ1v) is 6.30. The Hall–Kier alpha value is -2.63. The van der Waals surface area contributed by atoms with Crippen molar-refractivity contribution in [2.75, 3.05) is 6.61 Å². The number of alkyl halides is 3. The van der Waals surface area contributed by atoms with E-state index in [1.807, 2.05) is 0 Å². The highest BCUT2D eigenvalue weighted by Crippen LogP contribution is 2.29. The van der Waals surface area contributed by atoms with Crippen LogP contribution in [0.5, 0.6) is 0 Å². The summed E-state index contributed by atoms with van der Waals surface area (Å²) in [5, 5.41) is 0. The molecule has 0 aromatic heterocycles. The lowest BCUT2D eigenvalue weighted by molar-refractivity contribution is -0.137. The van der Waals surface area contributed by atoms with Crippen LogP contribution >= 0.6 is 0 Å². The molecule has 114 valence electrons. The van der Waals surface area contributed by atoms with Crippen molar-refractivity contribution in [2.45, 2.75) is 6.18 Å². The standard InChI is InChI=1S/C16H11F3O3/c17-16(18,19)13-8-4-7-12(9-13)14(20)10-22-15(21)11-5-2-1-3-6-11/h1-9H,10H2. The molecular formula is C16H11F3O3. The van der Waals surface area contributed by atoms with Crippen LogP contribution in [0.2, 0.25) is 0 Å². The monoisotopic (exact) mass is 308 g/mol. The second-order valence-corrected chi connectivity index (χ2v) is 4.44. The number of hydrogen-bond donors (Lipinski definition) is 0. The molecule has 0 saturated heterocycles. The number of Topliss-reactive ketones (excluding diaryl/α,β-unsaturated/α-hetero) is 1. The highest BCUT2D eigenvalue weighted by atomic mass is 19.4. The molecule has 0 spiro atoms. The van der Waals surface area contributed by atoms with Gasteiger partial charge < -0.3 is 4.74 Å². The zero-order valence-electron chi connectivity index (χ0n) is 11.3. The average Bonchev–Trinajstić information content (AvgIpc) is 2.52. The summed E-state index contributed by atoms with van der Waals surface area (Å²) in [6.07, 6.45) is -4.53. The summed E-state index contributed by atoms with van der Waals surface area (Å²) < 4.78 is 42.5. The molecule has 0 amide bonds. The molecule has 0 fully saturated rings. The molecule has 0 aliphatic rings. The predicted molar refractivity (Wildman–Crippen MR) is 72.5 cm³/mol. The molecule has 0 bridgehead atoms. The van der Waals surface area contributed by atoms with Gasteiger partial charge in [0.15, 0.2) is 12.4 Å². The van der Waals surface area contributed by atoms with Crippen molar-refractivity contribution < 1.29 is 27.5 Å². The van der Waals surface area contributed by atoms with Crippen molar-refractivity contribution in [1.82, 2.24) is 0 Å². The second-order valence-electron chi connectivity index (χ2n) is 4.44. The van der Waals surface area contributed by atoms with Crippen LogP contribution in [0.25, 0.3) is 0 Å². The summed E-state index contributed by atoms with van der Waals surface area (Å²) in [5.74, 6) is -1.41. The molecule has 0 aliphatic carbocycles. The molecule has 3 nitrogen and oxygen atoms in total. The number of benzene rings is 2. The number of halogens is 3. The van der Waals surface area contributed by atoms with Crippen LogP contribution < -0.4 is 0 Å². The fourth-order valence-corrected chi connectivity index (χ4v) is 1.74. The van der Waals surface area contributed by atoms with Gasteiger partial charge in [-0.25, -0.2) is 4.79 Å². The van der Waals surface area contributed by atoms with Gasteiger partial charge in [-0.1, -0.05) is 30.3 Å². The molecule has 22 heavy (non-hydrogen) atoms. The Labute approximate surface area is 124 Å². The third-order valence-electron chi connectivity index (χ3n) is 2.86. The van der Waals surface area contributed by atoms with E-state index in [1.165, 1.54) is 18.2 Å². The number of carbonyl (C=O) groups is 2. The Morgan fingerprint density at radius 3 is 2.18 bits per heavy atom. The quantitative estimate of drug-likeness (QED) is 0.638. The summed E-state index contributed by atoms with van der Waals surface area (Å²) in [5.41, 5.74) is -0.817. The summed E-state index contributed by atoms with van der Waals surface area (Å²) in [4.78, 5) is 23.5. The Bertz CT molecular complexity index is 679. The van der Waals surface area contributed by atoms with Gasteiger partial charge in [-0.15, -0.1) is 0 Å². The van der Waals surface area contributed by atoms with Crippen LogP contribution in [0, 0.1) is 0 Å². The normalized spacial score (nSPS) is 11.0. The molecule has 0 saturated carbocycles. The largest absolute Gasteiger partial charge is 0.454 e. The zero-order valence-corrected chi connectivity index (χ0v) is 11.3. The average molecular weight is 308 g/mol. The number of carbonyl (C=O) groups excluding carboxylic acids is 2. The summed E-state index contributed by atoms with van der Waals surface area (Å²) in [6.45, 7) is -0.616. The second kappa shape index (κ2) is 6.43. The summed E-state index contributed by atoms with van der Waals surface area (Å²) in [7, 11) is 0. The smallest absolute Gasteiger partial charge is 0.416 e. The van der Waals surface area contributed by atoms with Gasteiger partial charge in [-0.3, -0.25) is 4.79 Å². The lowest BCUT2D eigenvalue weighted by Crippen LogP contribution is -2.15. The van der Waals surface area contributed by atoms with Crippen LogP contribution in [0.3, 0.4) is 0 Å².